The van der Waals surface area contributed by atoms with Crippen molar-refractivity contribution in [3.63, 3.8) is 0 Å². The molecule has 1 atom stereocenters. The first-order chi connectivity index (χ1) is 9.81. The first-order valence-corrected chi connectivity index (χ1v) is 8.32. The molecule has 21 heavy (non-hydrogen) atoms. The van der Waals surface area contributed by atoms with Crippen LogP contribution in [0.3, 0.4) is 0 Å². The van der Waals surface area contributed by atoms with E-state index < -0.39 is 15.8 Å². The van der Waals surface area contributed by atoms with Crippen molar-refractivity contribution in [2.75, 3.05) is 20.2 Å². The molecular weight excluding hydrogens is 295 g/mol. The van der Waals surface area contributed by atoms with Gasteiger partial charge in [0.15, 0.2) is 0 Å². The maximum Gasteiger partial charge on any atom is 0.241 e. The predicted molar refractivity (Wildman–Crippen MR) is 80.2 cm³/mol. The fraction of sp³-hybridized carbons (Fsp3) is 0.571. The van der Waals surface area contributed by atoms with Crippen molar-refractivity contribution in [3.05, 3.63) is 29.1 Å². The zero-order valence-corrected chi connectivity index (χ0v) is 13.7. The Kier molecular flexibility index (Phi) is 6.73. The third-order valence-electron chi connectivity index (χ3n) is 3.19. The number of nitrogens with one attached hydrogen (secondary N) is 2. The number of halogens is 1. The maximum absolute atomic E-state index is 13.9. The highest BCUT2D eigenvalue weighted by molar-refractivity contribution is 7.89. The minimum Gasteiger partial charge on any atom is -0.380 e. The molecule has 5 nitrogen and oxygen atoms in total. The minimum absolute atomic E-state index is 0.0290. The van der Waals surface area contributed by atoms with Crippen LogP contribution in [-0.2, 0) is 21.3 Å². The molecule has 0 aliphatic carbocycles. The number of sulfonamides is 1. The molecule has 0 spiro atoms. The Morgan fingerprint density at radius 2 is 2.05 bits per heavy atom. The molecule has 2 N–H and O–H groups in total. The van der Waals surface area contributed by atoms with Crippen LogP contribution >= 0.6 is 0 Å². The fourth-order valence-corrected chi connectivity index (χ4v) is 3.16. The minimum atomic E-state index is -3.76. The van der Waals surface area contributed by atoms with E-state index in [9.17, 15) is 12.8 Å². The Hall–Kier alpha value is -1.02. The molecule has 0 fully saturated rings. The molecule has 1 aromatic rings. The number of hydrogen-bond acceptors (Lipinski definition) is 4. The van der Waals surface area contributed by atoms with E-state index in [1.54, 1.807) is 6.92 Å². The van der Waals surface area contributed by atoms with Gasteiger partial charge in [-0.25, -0.2) is 17.5 Å². The zero-order chi connectivity index (χ0) is 16.0. The Morgan fingerprint density at radius 3 is 2.62 bits per heavy atom. The Bertz CT molecular complexity index is 576. The number of benzene rings is 1. The fourth-order valence-electron chi connectivity index (χ4n) is 1.75. The van der Waals surface area contributed by atoms with Gasteiger partial charge in [-0.2, -0.15) is 0 Å². The van der Waals surface area contributed by atoms with Gasteiger partial charge >= 0.3 is 0 Å². The summed E-state index contributed by atoms with van der Waals surface area (Å²) >= 11 is 0. The molecule has 0 bridgehead atoms. The molecule has 0 heterocycles. The monoisotopic (exact) mass is 318 g/mol. The Labute approximate surface area is 125 Å². The van der Waals surface area contributed by atoms with Crippen LogP contribution in [0.1, 0.15) is 25.0 Å². The van der Waals surface area contributed by atoms with E-state index in [1.165, 1.54) is 26.2 Å². The SMILES string of the molecule is CCNCc1cc(F)c(C)c(S(=O)(=O)NCC(C)OC)c1. The van der Waals surface area contributed by atoms with Crippen LogP contribution < -0.4 is 10.0 Å². The molecule has 0 aromatic heterocycles. The second-order valence-corrected chi connectivity index (χ2v) is 6.61. The lowest BCUT2D eigenvalue weighted by Crippen LogP contribution is -2.32. The van der Waals surface area contributed by atoms with E-state index in [-0.39, 0.29) is 23.1 Å². The number of hydrogen-bond donors (Lipinski definition) is 2. The highest BCUT2D eigenvalue weighted by atomic mass is 32.2. The largest absolute Gasteiger partial charge is 0.380 e. The first-order valence-electron chi connectivity index (χ1n) is 6.84. The van der Waals surface area contributed by atoms with Crippen molar-refractivity contribution in [1.82, 2.24) is 10.0 Å². The van der Waals surface area contributed by atoms with E-state index in [4.69, 9.17) is 4.74 Å². The second-order valence-electron chi connectivity index (χ2n) is 4.88. The lowest BCUT2D eigenvalue weighted by molar-refractivity contribution is 0.122. The van der Waals surface area contributed by atoms with Gasteiger partial charge in [-0.05, 0) is 38.1 Å². The van der Waals surface area contributed by atoms with E-state index in [1.807, 2.05) is 6.92 Å². The van der Waals surface area contributed by atoms with Crippen LogP contribution in [0.25, 0.3) is 0 Å². The van der Waals surface area contributed by atoms with Crippen molar-refractivity contribution in [2.24, 2.45) is 0 Å². The van der Waals surface area contributed by atoms with Crippen LogP contribution in [0, 0.1) is 12.7 Å². The third-order valence-corrected chi connectivity index (χ3v) is 4.74. The molecule has 1 aromatic carbocycles. The third kappa shape index (κ3) is 5.03. The summed E-state index contributed by atoms with van der Waals surface area (Å²) in [4.78, 5) is -0.0290. The molecule has 0 radical (unpaired) electrons. The molecule has 120 valence electrons. The zero-order valence-electron chi connectivity index (χ0n) is 12.9. The van der Waals surface area contributed by atoms with Crippen LogP contribution in [0.4, 0.5) is 4.39 Å². The highest BCUT2D eigenvalue weighted by Gasteiger charge is 2.20. The van der Waals surface area contributed by atoms with Crippen LogP contribution in [-0.4, -0.2) is 34.7 Å². The van der Waals surface area contributed by atoms with Gasteiger partial charge in [0.2, 0.25) is 10.0 Å². The quantitative estimate of drug-likeness (QED) is 0.763. The van der Waals surface area contributed by atoms with Crippen molar-refractivity contribution in [1.29, 1.82) is 0 Å². The average molecular weight is 318 g/mol. The molecule has 7 heteroatoms. The summed E-state index contributed by atoms with van der Waals surface area (Å²) in [5.74, 6) is -0.523. The van der Waals surface area contributed by atoms with Gasteiger partial charge in [-0.3, -0.25) is 0 Å². The van der Waals surface area contributed by atoms with Crippen LogP contribution in [0.5, 0.6) is 0 Å². The lowest BCUT2D eigenvalue weighted by Gasteiger charge is -2.14. The van der Waals surface area contributed by atoms with Crippen molar-refractivity contribution >= 4 is 10.0 Å². The van der Waals surface area contributed by atoms with E-state index >= 15 is 0 Å². The first kappa shape index (κ1) is 18.0. The summed E-state index contributed by atoms with van der Waals surface area (Å²) in [6, 6.07) is 2.86. The number of ether oxygens (including phenoxy) is 1. The van der Waals surface area contributed by atoms with Crippen LogP contribution in [0.15, 0.2) is 17.0 Å². The smallest absolute Gasteiger partial charge is 0.241 e. The molecule has 1 rings (SSSR count). The molecule has 0 saturated heterocycles. The van der Waals surface area contributed by atoms with Gasteiger partial charge in [0, 0.05) is 25.8 Å². The summed E-state index contributed by atoms with van der Waals surface area (Å²) in [5, 5.41) is 3.05. The molecule has 0 amide bonds. The van der Waals surface area contributed by atoms with Gasteiger partial charge in [-0.15, -0.1) is 0 Å². The van der Waals surface area contributed by atoms with Gasteiger partial charge in [0.25, 0.3) is 0 Å². The van der Waals surface area contributed by atoms with E-state index in [0.717, 1.165) is 6.54 Å². The number of methoxy groups -OCH3 is 1. The summed E-state index contributed by atoms with van der Waals surface area (Å²) < 4.78 is 46.0. The average Bonchev–Trinajstić information content (AvgIpc) is 2.45. The van der Waals surface area contributed by atoms with E-state index in [0.29, 0.717) is 12.1 Å². The summed E-state index contributed by atoms with van der Waals surface area (Å²) in [5.41, 5.74) is 0.716. The summed E-state index contributed by atoms with van der Waals surface area (Å²) in [7, 11) is -2.26. The predicted octanol–water partition coefficient (Wildman–Crippen LogP) is 1.56. The van der Waals surface area contributed by atoms with E-state index in [2.05, 4.69) is 10.0 Å². The molecule has 0 saturated carbocycles. The van der Waals surface area contributed by atoms with Crippen molar-refractivity contribution < 1.29 is 17.5 Å². The molecule has 0 aliphatic heterocycles. The normalized spacial score (nSPS) is 13.4. The maximum atomic E-state index is 13.9. The van der Waals surface area contributed by atoms with Gasteiger partial charge in [-0.1, -0.05) is 6.92 Å². The van der Waals surface area contributed by atoms with Crippen LogP contribution in [0.2, 0.25) is 0 Å². The molecule has 1 unspecified atom stereocenters. The topological polar surface area (TPSA) is 67.4 Å². The van der Waals surface area contributed by atoms with Gasteiger partial charge < -0.3 is 10.1 Å². The number of rotatable bonds is 8. The Morgan fingerprint density at radius 1 is 1.38 bits per heavy atom. The molecular formula is C14H23FN2O3S. The second kappa shape index (κ2) is 7.84. The van der Waals surface area contributed by atoms with Gasteiger partial charge in [0.1, 0.15) is 5.82 Å². The highest BCUT2D eigenvalue weighted by Crippen LogP contribution is 2.20. The molecule has 0 aliphatic rings. The van der Waals surface area contributed by atoms with Crippen molar-refractivity contribution in [3.8, 4) is 0 Å². The summed E-state index contributed by atoms with van der Waals surface area (Å²) in [6.07, 6.45) is -0.255. The lowest BCUT2D eigenvalue weighted by atomic mass is 10.1. The standard InChI is InChI=1S/C14H23FN2O3S/c1-5-16-9-12-6-13(15)11(3)14(7-12)21(18,19)17-8-10(2)20-4/h6-7,10,16-17H,5,8-9H2,1-4H3. The summed E-state index contributed by atoms with van der Waals surface area (Å²) in [6.45, 7) is 6.41. The Balaban J connectivity index is 3.06. The van der Waals surface area contributed by atoms with Gasteiger partial charge in [0.05, 0.1) is 11.0 Å². The van der Waals surface area contributed by atoms with Crippen molar-refractivity contribution in [2.45, 2.75) is 38.3 Å².